The third kappa shape index (κ3) is 58.7. The summed E-state index contributed by atoms with van der Waals surface area (Å²) in [4.78, 5) is 40.1. The molecule has 0 saturated heterocycles. The Balaban J connectivity index is 5.11. The van der Waals surface area contributed by atoms with Crippen LogP contribution in [0.1, 0.15) is 329 Å². The fourth-order valence-corrected chi connectivity index (χ4v) is 10.6. The van der Waals surface area contributed by atoms with Gasteiger partial charge < -0.3 is 28.5 Å². The maximum Gasteiger partial charge on any atom is 0.306 e. The summed E-state index contributed by atoms with van der Waals surface area (Å²) in [6, 6.07) is -0.884. The number of carbonyl (C=O) groups is 2. The molecule has 0 aliphatic carbocycles. The molecule has 0 spiro atoms. The lowest BCUT2D eigenvalue weighted by Crippen LogP contribution is -2.47. The SMILES string of the molecule is CCCCC/C=C\C/C=C\CCCCCCCCCCCCCCCC(=O)OC(/C=C/CCCCCCCCCCCC)C(COP(=O)([O-])OCC[N+](C)(C)C)NC(=O)CCCCCCCCCCCCCCCCCC. The summed E-state index contributed by atoms with van der Waals surface area (Å²) in [7, 11) is 1.20. The van der Waals surface area contributed by atoms with E-state index in [0.29, 0.717) is 17.4 Å². The molecule has 3 atom stereocenters. The summed E-state index contributed by atoms with van der Waals surface area (Å²) < 4.78 is 30.4. The van der Waals surface area contributed by atoms with E-state index < -0.39 is 20.0 Å². The van der Waals surface area contributed by atoms with Crippen LogP contribution in [0.5, 0.6) is 0 Å². The van der Waals surface area contributed by atoms with E-state index in [-0.39, 0.29) is 31.5 Å². The molecule has 0 aliphatic rings. The van der Waals surface area contributed by atoms with Gasteiger partial charge in [0.2, 0.25) is 5.91 Å². The Morgan fingerprint density at radius 2 is 0.792 bits per heavy atom. The predicted octanol–water partition coefficient (Wildman–Crippen LogP) is 20.0. The van der Waals surface area contributed by atoms with Crippen molar-refractivity contribution in [2.45, 2.75) is 341 Å². The standard InChI is InChI=1S/C67H129N2O7P/c1-7-10-13-16-19-22-25-28-30-32-33-34-35-36-37-38-40-42-45-48-51-54-57-60-67(71)76-65(58-55-52-49-46-43-27-24-21-18-15-12-9-3)64(63-75-77(72,73)74-62-61-69(4,5)6)68-66(70)59-56-53-50-47-44-41-39-31-29-26-23-20-17-14-11-8-2/h19,22,28,30,55,58,64-65H,7-18,20-21,23-27,29,31-54,56-57,59-63H2,1-6H3,(H-,68,70,72,73)/b22-19-,30-28-,58-55+. The van der Waals surface area contributed by atoms with Crippen molar-refractivity contribution in [1.82, 2.24) is 5.32 Å². The van der Waals surface area contributed by atoms with Crippen molar-refractivity contribution in [2.75, 3.05) is 40.9 Å². The summed E-state index contributed by atoms with van der Waals surface area (Å²) in [6.45, 7) is 6.86. The zero-order valence-corrected chi connectivity index (χ0v) is 52.8. The maximum absolute atomic E-state index is 13.5. The Bertz CT molecular complexity index is 1410. The van der Waals surface area contributed by atoms with Crippen LogP contribution in [0.2, 0.25) is 0 Å². The minimum absolute atomic E-state index is 0.0193. The molecule has 0 saturated carbocycles. The van der Waals surface area contributed by atoms with Gasteiger partial charge in [-0.2, -0.15) is 0 Å². The van der Waals surface area contributed by atoms with Crippen molar-refractivity contribution < 1.29 is 37.3 Å². The first-order valence-corrected chi connectivity index (χ1v) is 34.8. The van der Waals surface area contributed by atoms with Crippen LogP contribution >= 0.6 is 7.82 Å². The number of ether oxygens (including phenoxy) is 1. The Kier molecular flexibility index (Phi) is 56.1. The lowest BCUT2D eigenvalue weighted by Gasteiger charge is -2.30. The molecule has 0 aromatic heterocycles. The minimum Gasteiger partial charge on any atom is -0.756 e. The maximum atomic E-state index is 13.5. The number of phosphoric acid groups is 1. The van der Waals surface area contributed by atoms with E-state index in [2.05, 4.69) is 50.4 Å². The number of carbonyl (C=O) groups excluding carboxylic acids is 2. The Morgan fingerprint density at radius 3 is 1.19 bits per heavy atom. The van der Waals surface area contributed by atoms with E-state index in [1.807, 2.05) is 33.3 Å². The molecule has 9 nitrogen and oxygen atoms in total. The molecule has 3 unspecified atom stereocenters. The van der Waals surface area contributed by atoms with Crippen LogP contribution in [0.25, 0.3) is 0 Å². The first-order valence-electron chi connectivity index (χ1n) is 33.3. The average Bonchev–Trinajstić information content (AvgIpc) is 3.39. The molecule has 0 aliphatic heterocycles. The quantitative estimate of drug-likeness (QED) is 0.0212. The molecule has 0 fully saturated rings. The lowest BCUT2D eigenvalue weighted by molar-refractivity contribution is -0.870. The Morgan fingerprint density at radius 1 is 0.455 bits per heavy atom. The van der Waals surface area contributed by atoms with Crippen molar-refractivity contribution in [3.63, 3.8) is 0 Å². The van der Waals surface area contributed by atoms with Crippen LogP contribution in [0, 0.1) is 0 Å². The number of rotatable bonds is 61. The highest BCUT2D eigenvalue weighted by molar-refractivity contribution is 7.45. The number of hydrogen-bond donors (Lipinski definition) is 1. The van der Waals surface area contributed by atoms with Gasteiger partial charge in [0.1, 0.15) is 19.3 Å². The summed E-state index contributed by atoms with van der Waals surface area (Å²) >= 11 is 0. The van der Waals surface area contributed by atoms with Gasteiger partial charge in [-0.15, -0.1) is 0 Å². The summed E-state index contributed by atoms with van der Waals surface area (Å²) in [6.07, 6.45) is 69.7. The van der Waals surface area contributed by atoms with Crippen molar-refractivity contribution in [2.24, 2.45) is 0 Å². The molecule has 454 valence electrons. The Labute approximate surface area is 478 Å². The van der Waals surface area contributed by atoms with E-state index in [1.165, 1.54) is 231 Å². The van der Waals surface area contributed by atoms with Gasteiger partial charge in [0.05, 0.1) is 33.8 Å². The summed E-state index contributed by atoms with van der Waals surface area (Å²) in [5.74, 6) is -0.525. The van der Waals surface area contributed by atoms with Gasteiger partial charge in [0.15, 0.2) is 0 Å². The number of unbranched alkanes of at least 4 members (excludes halogenated alkanes) is 41. The van der Waals surface area contributed by atoms with Crippen molar-refractivity contribution in [3.05, 3.63) is 36.5 Å². The molecular weight excluding hydrogens is 976 g/mol. The molecule has 0 bridgehead atoms. The largest absolute Gasteiger partial charge is 0.756 e. The topological polar surface area (TPSA) is 114 Å². The van der Waals surface area contributed by atoms with Gasteiger partial charge in [-0.1, -0.05) is 289 Å². The number of nitrogens with one attached hydrogen (secondary N) is 1. The highest BCUT2D eigenvalue weighted by Gasteiger charge is 2.27. The summed E-state index contributed by atoms with van der Waals surface area (Å²) in [5.41, 5.74) is 0. The van der Waals surface area contributed by atoms with Crippen LogP contribution in [0.4, 0.5) is 0 Å². The molecule has 0 heterocycles. The smallest absolute Gasteiger partial charge is 0.306 e. The highest BCUT2D eigenvalue weighted by Crippen LogP contribution is 2.38. The van der Waals surface area contributed by atoms with Gasteiger partial charge in [-0.25, -0.2) is 0 Å². The number of phosphoric ester groups is 1. The van der Waals surface area contributed by atoms with Gasteiger partial charge in [-0.05, 0) is 63.9 Å². The zero-order valence-electron chi connectivity index (χ0n) is 51.9. The number of allylic oxidation sites excluding steroid dienone is 5. The van der Waals surface area contributed by atoms with Crippen molar-refractivity contribution in [3.8, 4) is 0 Å². The van der Waals surface area contributed by atoms with E-state index in [1.54, 1.807) is 0 Å². The molecule has 1 amide bonds. The fraction of sp³-hybridized carbons (Fsp3) is 0.881. The van der Waals surface area contributed by atoms with Gasteiger partial charge in [0, 0.05) is 12.8 Å². The first-order chi connectivity index (χ1) is 37.4. The van der Waals surface area contributed by atoms with Crippen LogP contribution < -0.4 is 10.2 Å². The monoisotopic (exact) mass is 1100 g/mol. The third-order valence-electron chi connectivity index (χ3n) is 15.1. The molecule has 0 aromatic rings. The highest BCUT2D eigenvalue weighted by atomic mass is 31.2. The second-order valence-electron chi connectivity index (χ2n) is 24.0. The average molecular weight is 1110 g/mol. The molecule has 1 N–H and O–H groups in total. The number of likely N-dealkylation sites (N-methyl/N-ethyl adjacent to an activating group) is 1. The second-order valence-corrected chi connectivity index (χ2v) is 25.4. The zero-order chi connectivity index (χ0) is 56.4. The van der Waals surface area contributed by atoms with Gasteiger partial charge in [-0.3, -0.25) is 14.2 Å². The fourth-order valence-electron chi connectivity index (χ4n) is 9.91. The van der Waals surface area contributed by atoms with Crippen LogP contribution in [-0.4, -0.2) is 69.4 Å². The summed E-state index contributed by atoms with van der Waals surface area (Å²) in [5, 5.41) is 3.04. The van der Waals surface area contributed by atoms with Crippen molar-refractivity contribution in [1.29, 1.82) is 0 Å². The molecular formula is C67H129N2O7P. The lowest BCUT2D eigenvalue weighted by atomic mass is 10.0. The van der Waals surface area contributed by atoms with Gasteiger partial charge >= 0.3 is 5.97 Å². The normalized spacial score (nSPS) is 13.8. The van der Waals surface area contributed by atoms with E-state index in [4.69, 9.17) is 13.8 Å². The van der Waals surface area contributed by atoms with Crippen LogP contribution in [0.3, 0.4) is 0 Å². The second kappa shape index (κ2) is 57.5. The number of nitrogens with zero attached hydrogens (tertiary/aromatic N) is 1. The minimum atomic E-state index is -4.70. The molecule has 10 heteroatoms. The number of amides is 1. The molecule has 0 rings (SSSR count). The van der Waals surface area contributed by atoms with Gasteiger partial charge in [0.25, 0.3) is 7.82 Å². The number of hydrogen-bond acceptors (Lipinski definition) is 7. The Hall–Kier alpha value is -1.77. The van der Waals surface area contributed by atoms with Crippen LogP contribution in [0.15, 0.2) is 36.5 Å². The molecule has 0 aromatic carbocycles. The van der Waals surface area contributed by atoms with E-state index in [9.17, 15) is 19.0 Å². The first kappa shape index (κ1) is 75.2. The predicted molar refractivity (Wildman–Crippen MR) is 330 cm³/mol. The number of quaternary nitrogens is 1. The van der Waals surface area contributed by atoms with E-state index >= 15 is 0 Å². The third-order valence-corrected chi connectivity index (χ3v) is 16.0. The van der Waals surface area contributed by atoms with Crippen molar-refractivity contribution >= 4 is 19.7 Å². The van der Waals surface area contributed by atoms with Crippen LogP contribution in [-0.2, 0) is 27.9 Å². The van der Waals surface area contributed by atoms with E-state index in [0.717, 1.165) is 64.2 Å². The molecule has 0 radical (unpaired) electrons. The molecule has 77 heavy (non-hydrogen) atoms. The number of esters is 1.